The Kier molecular flexibility index (Phi) is 10.1. The lowest BCUT2D eigenvalue weighted by Crippen LogP contribution is -2.24. The normalized spacial score (nSPS) is 13.3. The number of hydrogen-bond donors (Lipinski definition) is 1. The van der Waals surface area contributed by atoms with Crippen LogP contribution in [-0.4, -0.2) is 45.5 Å². The van der Waals surface area contributed by atoms with E-state index in [2.05, 4.69) is 10.1 Å². The van der Waals surface area contributed by atoms with Crippen LogP contribution in [0.4, 0.5) is 10.5 Å². The molecule has 1 N–H and O–H groups in total. The van der Waals surface area contributed by atoms with Gasteiger partial charge < -0.3 is 18.7 Å². The van der Waals surface area contributed by atoms with Crippen molar-refractivity contribution in [3.05, 3.63) is 60.2 Å². The van der Waals surface area contributed by atoms with Gasteiger partial charge in [-0.05, 0) is 36.2 Å². The summed E-state index contributed by atoms with van der Waals surface area (Å²) in [6, 6.07) is 15.5. The number of carbonyl (C=O) groups is 3. The summed E-state index contributed by atoms with van der Waals surface area (Å²) in [5, 5.41) is 2.96. The van der Waals surface area contributed by atoms with Crippen molar-refractivity contribution in [1.82, 2.24) is 0 Å². The van der Waals surface area contributed by atoms with Crippen molar-refractivity contribution < 1.29 is 37.7 Å². The number of amides is 1. The molecule has 0 saturated carbocycles. The number of hydrogen-bond acceptors (Lipinski definition) is 8. The Morgan fingerprint density at radius 1 is 0.939 bits per heavy atom. The topological polar surface area (TPSA) is 117 Å². The lowest BCUT2D eigenvalue weighted by molar-refractivity contribution is -0.146. The summed E-state index contributed by atoms with van der Waals surface area (Å²) in [6.07, 6.45) is -0.679. The number of nitrogens with one attached hydrogen (secondary N) is 1. The minimum Gasteiger partial charge on any atom is -0.469 e. The first kappa shape index (κ1) is 26.1. The maximum Gasteiger partial charge on any atom is 0.411 e. The van der Waals surface area contributed by atoms with E-state index in [0.717, 1.165) is 5.56 Å². The third-order valence-corrected chi connectivity index (χ3v) is 7.53. The molecule has 0 aliphatic heterocycles. The van der Waals surface area contributed by atoms with Crippen molar-refractivity contribution in [2.24, 2.45) is 5.92 Å². The highest BCUT2D eigenvalue weighted by molar-refractivity contribution is 7.67. The second kappa shape index (κ2) is 12.8. The molecule has 2 aromatic carbocycles. The predicted octanol–water partition coefficient (Wildman–Crippen LogP) is 3.73. The van der Waals surface area contributed by atoms with E-state index in [4.69, 9.17) is 14.0 Å². The second-order valence-electron chi connectivity index (χ2n) is 7.11. The highest BCUT2D eigenvalue weighted by Gasteiger charge is 2.33. The molecule has 2 unspecified atom stereocenters. The standard InChI is InChI=1S/C23H28NO8P/c1-29-21(25)14-9-18(22(26)30-2)16-33(28,31-3)20-12-10-19(11-13-20)24-23(27)32-15-17-7-5-4-6-8-17/h4-8,10-13,18H,9,14-16H2,1-3H3,(H,24,27). The van der Waals surface area contributed by atoms with E-state index in [1.807, 2.05) is 30.3 Å². The monoisotopic (exact) mass is 477 g/mol. The lowest BCUT2D eigenvalue weighted by Gasteiger charge is -2.22. The Morgan fingerprint density at radius 2 is 1.61 bits per heavy atom. The molecular formula is C23H28NO8P. The van der Waals surface area contributed by atoms with E-state index >= 15 is 0 Å². The SMILES string of the molecule is COC(=O)CCC(CP(=O)(OC)c1ccc(NC(=O)OCc2ccccc2)cc1)C(=O)OC. The lowest BCUT2D eigenvalue weighted by atomic mass is 10.1. The third-order valence-electron chi connectivity index (χ3n) is 4.93. The average molecular weight is 477 g/mol. The molecule has 0 heterocycles. The smallest absolute Gasteiger partial charge is 0.411 e. The Labute approximate surface area is 192 Å². The summed E-state index contributed by atoms with van der Waals surface area (Å²) in [5.74, 6) is -1.88. The van der Waals surface area contributed by atoms with Gasteiger partial charge in [0.25, 0.3) is 0 Å². The van der Waals surface area contributed by atoms with Crippen LogP contribution in [0.2, 0.25) is 0 Å². The van der Waals surface area contributed by atoms with Crippen LogP contribution in [0.1, 0.15) is 18.4 Å². The van der Waals surface area contributed by atoms with E-state index in [9.17, 15) is 18.9 Å². The van der Waals surface area contributed by atoms with E-state index in [1.54, 1.807) is 24.3 Å². The number of ether oxygens (including phenoxy) is 3. The Bertz CT molecular complexity index is 978. The van der Waals surface area contributed by atoms with Gasteiger partial charge in [-0.3, -0.25) is 19.5 Å². The van der Waals surface area contributed by atoms with Gasteiger partial charge in [0.1, 0.15) is 6.61 Å². The zero-order chi connectivity index (χ0) is 24.3. The average Bonchev–Trinajstić information content (AvgIpc) is 2.85. The quantitative estimate of drug-likeness (QED) is 0.296. The van der Waals surface area contributed by atoms with Gasteiger partial charge >= 0.3 is 18.0 Å². The minimum atomic E-state index is -3.45. The van der Waals surface area contributed by atoms with Crippen LogP contribution in [0.25, 0.3) is 0 Å². The Balaban J connectivity index is 2.03. The van der Waals surface area contributed by atoms with Gasteiger partial charge in [0.05, 0.1) is 20.1 Å². The van der Waals surface area contributed by atoms with Crippen LogP contribution in [0.5, 0.6) is 0 Å². The van der Waals surface area contributed by atoms with Gasteiger partial charge in [0, 0.05) is 30.7 Å². The fourth-order valence-electron chi connectivity index (χ4n) is 3.07. The number of esters is 2. The summed E-state index contributed by atoms with van der Waals surface area (Å²) in [4.78, 5) is 35.7. The van der Waals surface area contributed by atoms with Gasteiger partial charge in [-0.15, -0.1) is 0 Å². The molecule has 0 fully saturated rings. The molecule has 0 spiro atoms. The van der Waals surface area contributed by atoms with E-state index in [-0.39, 0.29) is 25.6 Å². The van der Waals surface area contributed by atoms with Gasteiger partial charge in [0.2, 0.25) is 7.37 Å². The highest BCUT2D eigenvalue weighted by atomic mass is 31.2. The fraction of sp³-hybridized carbons (Fsp3) is 0.348. The summed E-state index contributed by atoms with van der Waals surface area (Å²) >= 11 is 0. The van der Waals surface area contributed by atoms with E-state index in [1.165, 1.54) is 21.3 Å². The molecule has 33 heavy (non-hydrogen) atoms. The van der Waals surface area contributed by atoms with E-state index in [0.29, 0.717) is 11.0 Å². The first-order valence-electron chi connectivity index (χ1n) is 10.2. The summed E-state index contributed by atoms with van der Waals surface area (Å²) in [5.41, 5.74) is 1.30. The third kappa shape index (κ3) is 8.04. The summed E-state index contributed by atoms with van der Waals surface area (Å²) in [7, 11) is 0.324. The van der Waals surface area contributed by atoms with Gasteiger partial charge in [-0.1, -0.05) is 30.3 Å². The van der Waals surface area contributed by atoms with Crippen LogP contribution >= 0.6 is 7.37 Å². The Morgan fingerprint density at radius 3 is 2.18 bits per heavy atom. The van der Waals surface area contributed by atoms with Gasteiger partial charge in [0.15, 0.2) is 0 Å². The zero-order valence-corrected chi connectivity index (χ0v) is 19.7. The van der Waals surface area contributed by atoms with Gasteiger partial charge in [-0.25, -0.2) is 4.79 Å². The zero-order valence-electron chi connectivity index (χ0n) is 18.8. The maximum absolute atomic E-state index is 13.5. The van der Waals surface area contributed by atoms with Crippen molar-refractivity contribution in [2.75, 3.05) is 32.8 Å². The summed E-state index contributed by atoms with van der Waals surface area (Å²) in [6.45, 7) is 0.129. The first-order valence-corrected chi connectivity index (χ1v) is 12.0. The van der Waals surface area contributed by atoms with Crippen molar-refractivity contribution in [2.45, 2.75) is 19.4 Å². The number of carbonyl (C=O) groups excluding carboxylic acids is 3. The van der Waals surface area contributed by atoms with Crippen LogP contribution in [0.15, 0.2) is 54.6 Å². The second-order valence-corrected chi connectivity index (χ2v) is 9.70. The van der Waals surface area contributed by atoms with Crippen molar-refractivity contribution in [1.29, 1.82) is 0 Å². The molecule has 0 aromatic heterocycles. The fourth-order valence-corrected chi connectivity index (χ4v) is 5.15. The van der Waals surface area contributed by atoms with Crippen molar-refractivity contribution in [3.63, 3.8) is 0 Å². The van der Waals surface area contributed by atoms with Crippen LogP contribution in [0.3, 0.4) is 0 Å². The molecule has 2 atom stereocenters. The maximum atomic E-state index is 13.5. The number of anilines is 1. The molecule has 0 saturated heterocycles. The number of benzene rings is 2. The molecule has 0 bridgehead atoms. The number of methoxy groups -OCH3 is 2. The molecule has 1 amide bonds. The Hall–Kier alpha value is -3.16. The first-order chi connectivity index (χ1) is 15.8. The number of rotatable bonds is 11. The van der Waals surface area contributed by atoms with Crippen molar-refractivity contribution >= 4 is 36.4 Å². The van der Waals surface area contributed by atoms with E-state index < -0.39 is 31.3 Å². The van der Waals surface area contributed by atoms with Crippen LogP contribution in [0, 0.1) is 5.92 Å². The predicted molar refractivity (Wildman–Crippen MR) is 123 cm³/mol. The summed E-state index contributed by atoms with van der Waals surface area (Å²) < 4.78 is 33.4. The molecule has 0 aliphatic rings. The van der Waals surface area contributed by atoms with Gasteiger partial charge in [-0.2, -0.15) is 0 Å². The molecule has 0 radical (unpaired) electrons. The van der Waals surface area contributed by atoms with Crippen LogP contribution in [-0.2, 0) is 39.5 Å². The molecule has 2 rings (SSSR count). The molecular weight excluding hydrogens is 449 g/mol. The molecule has 9 nitrogen and oxygen atoms in total. The highest BCUT2D eigenvalue weighted by Crippen LogP contribution is 2.47. The molecule has 0 aliphatic carbocycles. The molecule has 178 valence electrons. The molecule has 10 heteroatoms. The van der Waals surface area contributed by atoms with Crippen LogP contribution < -0.4 is 10.6 Å². The largest absolute Gasteiger partial charge is 0.469 e. The van der Waals surface area contributed by atoms with Crippen molar-refractivity contribution in [3.8, 4) is 0 Å². The molecule has 2 aromatic rings. The minimum absolute atomic E-state index is 0.0199.